The second-order valence-corrected chi connectivity index (χ2v) is 10.4. The van der Waals surface area contributed by atoms with E-state index in [1.165, 1.54) is 24.3 Å². The highest BCUT2D eigenvalue weighted by Gasteiger charge is 2.29. The lowest BCUT2D eigenvalue weighted by atomic mass is 9.88. The molecule has 0 amide bonds. The zero-order valence-corrected chi connectivity index (χ0v) is 15.4. The molecule has 0 unspecified atom stereocenters. The van der Waals surface area contributed by atoms with E-state index < -0.39 is 20.0 Å². The van der Waals surface area contributed by atoms with Gasteiger partial charge in [-0.25, -0.2) is 26.3 Å². The highest BCUT2D eigenvalue weighted by Crippen LogP contribution is 2.26. The van der Waals surface area contributed by atoms with Crippen LogP contribution in [0.3, 0.4) is 0 Å². The number of sulfonamides is 2. The van der Waals surface area contributed by atoms with Gasteiger partial charge >= 0.3 is 0 Å². The summed E-state index contributed by atoms with van der Waals surface area (Å²) in [6, 6.07) is 5.47. The maximum atomic E-state index is 12.6. The van der Waals surface area contributed by atoms with Crippen molar-refractivity contribution in [2.75, 3.05) is 0 Å². The lowest BCUT2D eigenvalue weighted by Gasteiger charge is -2.26. The van der Waals surface area contributed by atoms with Gasteiger partial charge in [0, 0.05) is 12.1 Å². The summed E-state index contributed by atoms with van der Waals surface area (Å²) in [6.45, 7) is 2.17. The summed E-state index contributed by atoms with van der Waals surface area (Å²) < 4.78 is 55.0. The van der Waals surface area contributed by atoms with Crippen LogP contribution in [-0.2, 0) is 20.0 Å². The smallest absolute Gasteiger partial charge is 0.208 e. The van der Waals surface area contributed by atoms with E-state index in [1.54, 1.807) is 0 Å². The molecule has 0 heterocycles. The van der Waals surface area contributed by atoms with Gasteiger partial charge in [-0.15, -0.1) is 0 Å². The number of hydrogen-bond donors (Lipinski definition) is 2. The molecule has 2 aliphatic rings. The molecule has 0 aromatic heterocycles. The van der Waals surface area contributed by atoms with E-state index >= 15 is 0 Å². The SMILES string of the molecule is CC1CCC(NS(=O)(=O)c2cccc(S(=O)(=O)NC3CC3)c2)CC1. The van der Waals surface area contributed by atoms with Crippen molar-refractivity contribution in [2.45, 2.75) is 67.3 Å². The van der Waals surface area contributed by atoms with E-state index in [9.17, 15) is 16.8 Å². The largest absolute Gasteiger partial charge is 0.240 e. The monoisotopic (exact) mass is 372 g/mol. The fourth-order valence-corrected chi connectivity index (χ4v) is 5.74. The Hall–Kier alpha value is -0.960. The molecule has 2 N–H and O–H groups in total. The molecule has 1 aromatic rings. The summed E-state index contributed by atoms with van der Waals surface area (Å²) >= 11 is 0. The van der Waals surface area contributed by atoms with Gasteiger partial charge in [0.15, 0.2) is 0 Å². The van der Waals surface area contributed by atoms with Gasteiger partial charge in [-0.2, -0.15) is 0 Å². The highest BCUT2D eigenvalue weighted by molar-refractivity contribution is 7.90. The molecule has 0 atom stereocenters. The molecule has 0 radical (unpaired) electrons. The zero-order valence-electron chi connectivity index (χ0n) is 13.7. The Balaban J connectivity index is 1.77. The maximum absolute atomic E-state index is 12.6. The molecule has 1 aromatic carbocycles. The van der Waals surface area contributed by atoms with E-state index in [2.05, 4.69) is 16.4 Å². The van der Waals surface area contributed by atoms with Crippen molar-refractivity contribution in [3.05, 3.63) is 24.3 Å². The number of nitrogens with one attached hydrogen (secondary N) is 2. The average Bonchev–Trinajstić information content (AvgIpc) is 3.33. The number of rotatable bonds is 6. The summed E-state index contributed by atoms with van der Waals surface area (Å²) in [5.41, 5.74) is 0. The molecule has 2 fully saturated rings. The van der Waals surface area contributed by atoms with Gasteiger partial charge in [-0.3, -0.25) is 0 Å². The normalized spacial score (nSPS) is 25.5. The quantitative estimate of drug-likeness (QED) is 0.799. The number of hydrogen-bond acceptors (Lipinski definition) is 4. The molecule has 24 heavy (non-hydrogen) atoms. The maximum Gasteiger partial charge on any atom is 0.240 e. The first-order valence-corrected chi connectivity index (χ1v) is 11.4. The zero-order chi connectivity index (χ0) is 17.4. The molecule has 3 rings (SSSR count). The Morgan fingerprint density at radius 3 is 1.62 bits per heavy atom. The molecule has 2 aliphatic carbocycles. The molecule has 8 heteroatoms. The Bertz CT molecular complexity index is 793. The van der Waals surface area contributed by atoms with Crippen LogP contribution >= 0.6 is 0 Å². The molecule has 134 valence electrons. The van der Waals surface area contributed by atoms with Gasteiger partial charge in [0.25, 0.3) is 0 Å². The van der Waals surface area contributed by atoms with Crippen molar-refractivity contribution < 1.29 is 16.8 Å². The van der Waals surface area contributed by atoms with Crippen LogP contribution in [0.25, 0.3) is 0 Å². The van der Waals surface area contributed by atoms with Crippen molar-refractivity contribution in [2.24, 2.45) is 5.92 Å². The van der Waals surface area contributed by atoms with Crippen LogP contribution in [0.15, 0.2) is 34.1 Å². The second kappa shape index (κ2) is 6.74. The Morgan fingerprint density at radius 2 is 1.21 bits per heavy atom. The first kappa shape index (κ1) is 17.8. The predicted octanol–water partition coefficient (Wildman–Crippen LogP) is 1.98. The Kier molecular flexibility index (Phi) is 5.01. The van der Waals surface area contributed by atoms with Crippen LogP contribution in [0, 0.1) is 5.92 Å². The molecule has 6 nitrogen and oxygen atoms in total. The van der Waals surface area contributed by atoms with Gasteiger partial charge in [0.05, 0.1) is 9.79 Å². The van der Waals surface area contributed by atoms with Crippen LogP contribution in [-0.4, -0.2) is 28.9 Å². The lowest BCUT2D eigenvalue weighted by Crippen LogP contribution is -2.37. The van der Waals surface area contributed by atoms with Crippen molar-refractivity contribution >= 4 is 20.0 Å². The summed E-state index contributed by atoms with van der Waals surface area (Å²) in [5, 5.41) is 0. The minimum atomic E-state index is -3.72. The van der Waals surface area contributed by atoms with Crippen LogP contribution < -0.4 is 9.44 Å². The van der Waals surface area contributed by atoms with Gasteiger partial charge in [0.1, 0.15) is 0 Å². The van der Waals surface area contributed by atoms with Crippen molar-refractivity contribution in [3.63, 3.8) is 0 Å². The standard InChI is InChI=1S/C16H24N2O4S2/c1-12-5-7-13(8-6-12)17-23(19,20)15-3-2-4-16(11-15)24(21,22)18-14-9-10-14/h2-4,11-14,17-18H,5-10H2,1H3. The third-order valence-electron chi connectivity index (χ3n) is 4.66. The van der Waals surface area contributed by atoms with Crippen molar-refractivity contribution in [1.29, 1.82) is 0 Å². The average molecular weight is 373 g/mol. The topological polar surface area (TPSA) is 92.3 Å². The van der Waals surface area contributed by atoms with E-state index in [0.717, 1.165) is 38.5 Å². The van der Waals surface area contributed by atoms with E-state index in [-0.39, 0.29) is 21.9 Å². The molecule has 0 spiro atoms. The molecular weight excluding hydrogens is 348 g/mol. The van der Waals surface area contributed by atoms with Gasteiger partial charge in [-0.05, 0) is 62.6 Å². The number of benzene rings is 1. The molecule has 0 saturated heterocycles. The molecule has 0 aliphatic heterocycles. The second-order valence-electron chi connectivity index (χ2n) is 6.95. The first-order chi connectivity index (χ1) is 11.3. The molecular formula is C16H24N2O4S2. The lowest BCUT2D eigenvalue weighted by molar-refractivity contribution is 0.332. The minimum Gasteiger partial charge on any atom is -0.208 e. The third-order valence-corrected chi connectivity index (χ3v) is 7.70. The summed E-state index contributed by atoms with van der Waals surface area (Å²) in [7, 11) is -7.38. The van der Waals surface area contributed by atoms with Crippen LogP contribution in [0.5, 0.6) is 0 Å². The Morgan fingerprint density at radius 1 is 0.792 bits per heavy atom. The van der Waals surface area contributed by atoms with Gasteiger partial charge in [-0.1, -0.05) is 13.0 Å². The predicted molar refractivity (Wildman–Crippen MR) is 91.5 cm³/mol. The van der Waals surface area contributed by atoms with E-state index in [1.807, 2.05) is 0 Å². The van der Waals surface area contributed by atoms with Gasteiger partial charge < -0.3 is 0 Å². The van der Waals surface area contributed by atoms with E-state index in [4.69, 9.17) is 0 Å². The highest BCUT2D eigenvalue weighted by atomic mass is 32.2. The fraction of sp³-hybridized carbons (Fsp3) is 0.625. The third kappa shape index (κ3) is 4.36. The van der Waals surface area contributed by atoms with Crippen LogP contribution in [0.4, 0.5) is 0 Å². The minimum absolute atomic E-state index is 0.000191. The summed E-state index contributed by atoms with van der Waals surface area (Å²) in [4.78, 5) is -0.00525. The van der Waals surface area contributed by atoms with Crippen LogP contribution in [0.1, 0.15) is 45.4 Å². The summed E-state index contributed by atoms with van der Waals surface area (Å²) in [6.07, 6.45) is 5.32. The first-order valence-electron chi connectivity index (χ1n) is 8.41. The molecule has 0 bridgehead atoms. The van der Waals surface area contributed by atoms with E-state index in [0.29, 0.717) is 5.92 Å². The van der Waals surface area contributed by atoms with Crippen molar-refractivity contribution in [1.82, 2.24) is 9.44 Å². The summed E-state index contributed by atoms with van der Waals surface area (Å²) in [5.74, 6) is 0.632. The molecule has 2 saturated carbocycles. The Labute approximate surface area is 144 Å². The van der Waals surface area contributed by atoms with Gasteiger partial charge in [0.2, 0.25) is 20.0 Å². The fourth-order valence-electron chi connectivity index (χ4n) is 2.96. The van der Waals surface area contributed by atoms with Crippen molar-refractivity contribution in [3.8, 4) is 0 Å². The van der Waals surface area contributed by atoms with Crippen LogP contribution in [0.2, 0.25) is 0 Å².